The Balaban J connectivity index is 1.21. The first-order valence-electron chi connectivity index (χ1n) is 11.2. The lowest BCUT2D eigenvalue weighted by Gasteiger charge is -2.17. The van der Waals surface area contributed by atoms with E-state index in [1.165, 1.54) is 0 Å². The number of aliphatic hydroxyl groups excluding tert-OH is 1. The fraction of sp³-hybridized carbons (Fsp3) is 0.400. The molecule has 1 saturated carbocycles. The van der Waals surface area contributed by atoms with Crippen molar-refractivity contribution in [3.63, 3.8) is 0 Å². The normalized spacial score (nSPS) is 19.9. The molecule has 2 amide bonds. The number of hydrogen-bond acceptors (Lipinski definition) is 5. The van der Waals surface area contributed by atoms with E-state index in [0.29, 0.717) is 19.3 Å². The van der Waals surface area contributed by atoms with E-state index in [-0.39, 0.29) is 37.4 Å². The number of carbonyl (C=O) groups is 3. The van der Waals surface area contributed by atoms with Crippen molar-refractivity contribution in [2.75, 3.05) is 13.2 Å². The van der Waals surface area contributed by atoms with Crippen molar-refractivity contribution in [1.82, 2.24) is 10.6 Å². The van der Waals surface area contributed by atoms with Crippen molar-refractivity contribution in [2.24, 2.45) is 5.92 Å². The van der Waals surface area contributed by atoms with Crippen molar-refractivity contribution in [3.8, 4) is 11.1 Å². The van der Waals surface area contributed by atoms with Crippen LogP contribution in [0.1, 0.15) is 42.7 Å². The minimum Gasteiger partial charge on any atom is -0.481 e. The fourth-order valence-electron chi connectivity index (χ4n) is 4.76. The molecule has 0 bridgehead atoms. The van der Waals surface area contributed by atoms with Gasteiger partial charge in [0.15, 0.2) is 0 Å². The molecule has 1 fully saturated rings. The number of hydrogen-bond donors (Lipinski definition) is 4. The van der Waals surface area contributed by atoms with Crippen molar-refractivity contribution in [1.29, 1.82) is 0 Å². The second kappa shape index (κ2) is 10.0. The zero-order chi connectivity index (χ0) is 23.4. The Labute approximate surface area is 192 Å². The molecule has 0 aliphatic heterocycles. The molecule has 0 radical (unpaired) electrons. The number of aliphatic carboxylic acids is 1. The predicted octanol–water partition coefficient (Wildman–Crippen LogP) is 2.65. The molecule has 0 saturated heterocycles. The molecule has 8 heteroatoms. The average molecular weight is 453 g/mol. The lowest BCUT2D eigenvalue weighted by Crippen LogP contribution is -2.39. The van der Waals surface area contributed by atoms with Gasteiger partial charge in [-0.25, -0.2) is 4.79 Å². The molecule has 4 rings (SSSR count). The molecule has 33 heavy (non-hydrogen) atoms. The molecule has 4 N–H and O–H groups in total. The van der Waals surface area contributed by atoms with Crippen LogP contribution in [0.4, 0.5) is 4.79 Å². The van der Waals surface area contributed by atoms with Crippen LogP contribution < -0.4 is 10.6 Å². The highest BCUT2D eigenvalue weighted by molar-refractivity contribution is 5.79. The van der Waals surface area contributed by atoms with E-state index in [9.17, 15) is 19.5 Å². The second-order valence-electron chi connectivity index (χ2n) is 8.68. The van der Waals surface area contributed by atoms with Crippen molar-refractivity contribution in [3.05, 3.63) is 59.7 Å². The van der Waals surface area contributed by atoms with Crippen molar-refractivity contribution < 1.29 is 29.3 Å². The fourth-order valence-corrected chi connectivity index (χ4v) is 4.76. The zero-order valence-electron chi connectivity index (χ0n) is 18.2. The summed E-state index contributed by atoms with van der Waals surface area (Å²) >= 11 is 0. The maximum atomic E-state index is 12.2. The molecule has 3 unspecified atom stereocenters. The number of rotatable bonds is 8. The first-order valence-corrected chi connectivity index (χ1v) is 11.2. The lowest BCUT2D eigenvalue weighted by atomic mass is 9.98. The molecular formula is C25H28N2O6. The van der Waals surface area contributed by atoms with Gasteiger partial charge in [0.1, 0.15) is 6.61 Å². The Morgan fingerprint density at radius 2 is 1.64 bits per heavy atom. The molecular weight excluding hydrogens is 424 g/mol. The van der Waals surface area contributed by atoms with Crippen LogP contribution in [0.2, 0.25) is 0 Å². The van der Waals surface area contributed by atoms with Crippen LogP contribution in [0.25, 0.3) is 11.1 Å². The van der Waals surface area contributed by atoms with Crippen LogP contribution in [0.3, 0.4) is 0 Å². The van der Waals surface area contributed by atoms with Crippen molar-refractivity contribution in [2.45, 2.75) is 43.7 Å². The summed E-state index contributed by atoms with van der Waals surface area (Å²) in [6.07, 6.45) is -0.366. The molecule has 0 aromatic heterocycles. The summed E-state index contributed by atoms with van der Waals surface area (Å²) in [5.41, 5.74) is 4.50. The van der Waals surface area contributed by atoms with Gasteiger partial charge in [0.05, 0.1) is 18.4 Å². The number of carboxylic acid groups (broad SMARTS) is 1. The van der Waals surface area contributed by atoms with Crippen LogP contribution in [-0.2, 0) is 14.3 Å². The second-order valence-corrected chi connectivity index (χ2v) is 8.68. The van der Waals surface area contributed by atoms with Gasteiger partial charge in [-0.2, -0.15) is 0 Å². The number of ether oxygens (including phenoxy) is 1. The number of fused-ring (bicyclic) bond motifs is 3. The Kier molecular flexibility index (Phi) is 6.93. The Morgan fingerprint density at radius 3 is 2.24 bits per heavy atom. The van der Waals surface area contributed by atoms with Gasteiger partial charge in [-0.1, -0.05) is 48.5 Å². The molecule has 2 aromatic rings. The number of carboxylic acids is 1. The van der Waals surface area contributed by atoms with Gasteiger partial charge in [-0.15, -0.1) is 0 Å². The van der Waals surface area contributed by atoms with Gasteiger partial charge in [-0.3, -0.25) is 9.59 Å². The molecule has 8 nitrogen and oxygen atoms in total. The Bertz CT molecular complexity index is 994. The van der Waals surface area contributed by atoms with Gasteiger partial charge < -0.3 is 25.6 Å². The lowest BCUT2D eigenvalue weighted by molar-refractivity contribution is -0.141. The first kappa shape index (κ1) is 22.8. The average Bonchev–Trinajstić information content (AvgIpc) is 3.39. The van der Waals surface area contributed by atoms with Crippen LogP contribution >= 0.6 is 0 Å². The van der Waals surface area contributed by atoms with E-state index in [2.05, 4.69) is 22.8 Å². The van der Waals surface area contributed by atoms with Gasteiger partial charge >= 0.3 is 12.1 Å². The van der Waals surface area contributed by atoms with Crippen LogP contribution in [0.5, 0.6) is 0 Å². The number of aliphatic hydroxyl groups is 1. The number of amides is 2. The third kappa shape index (κ3) is 5.34. The van der Waals surface area contributed by atoms with Gasteiger partial charge in [0.2, 0.25) is 5.91 Å². The minimum absolute atomic E-state index is 0.0557. The smallest absolute Gasteiger partial charge is 0.407 e. The molecule has 174 valence electrons. The van der Waals surface area contributed by atoms with Crippen molar-refractivity contribution >= 4 is 18.0 Å². The molecule has 0 spiro atoms. The SMILES string of the molecule is O=C(CC(O)CNC(=O)OCC1c2ccccc2-c2ccccc21)NC1CCC(C(=O)O)C1. The van der Waals surface area contributed by atoms with Crippen LogP contribution in [0.15, 0.2) is 48.5 Å². The maximum Gasteiger partial charge on any atom is 0.407 e. The Hall–Kier alpha value is -3.39. The minimum atomic E-state index is -1.07. The quantitative estimate of drug-likeness (QED) is 0.488. The third-order valence-corrected chi connectivity index (χ3v) is 6.39. The van der Waals surface area contributed by atoms with Crippen LogP contribution in [-0.4, -0.2) is 53.5 Å². The molecule has 0 heterocycles. The van der Waals surface area contributed by atoms with E-state index in [0.717, 1.165) is 22.3 Å². The number of alkyl carbamates (subject to hydrolysis) is 1. The number of benzene rings is 2. The van der Waals surface area contributed by atoms with E-state index < -0.39 is 24.1 Å². The van der Waals surface area contributed by atoms with Gasteiger partial charge in [0, 0.05) is 18.5 Å². The molecule has 2 aliphatic carbocycles. The third-order valence-electron chi connectivity index (χ3n) is 6.39. The number of nitrogens with one attached hydrogen (secondary N) is 2. The molecule has 3 atom stereocenters. The van der Waals surface area contributed by atoms with Gasteiger partial charge in [0.25, 0.3) is 0 Å². The predicted molar refractivity (Wildman–Crippen MR) is 121 cm³/mol. The summed E-state index contributed by atoms with van der Waals surface area (Å²) < 4.78 is 5.42. The summed E-state index contributed by atoms with van der Waals surface area (Å²) in [4.78, 5) is 35.3. The highest BCUT2D eigenvalue weighted by atomic mass is 16.5. The van der Waals surface area contributed by atoms with Crippen LogP contribution in [0, 0.1) is 5.92 Å². The monoisotopic (exact) mass is 452 g/mol. The highest BCUT2D eigenvalue weighted by Crippen LogP contribution is 2.44. The van der Waals surface area contributed by atoms with E-state index in [1.54, 1.807) is 0 Å². The molecule has 2 aromatic carbocycles. The summed E-state index contributed by atoms with van der Waals surface area (Å²) in [5, 5.41) is 24.4. The standard InChI is InChI=1S/C25H28N2O6/c28-17(12-23(29)27-16-10-9-15(11-16)24(30)31)13-26-25(32)33-14-22-20-7-3-1-5-18(20)19-6-2-4-8-21(19)22/h1-8,15-17,22,28H,9-14H2,(H,26,32)(H,27,29)(H,30,31). The molecule has 2 aliphatic rings. The first-order chi connectivity index (χ1) is 15.9. The Morgan fingerprint density at radius 1 is 1.00 bits per heavy atom. The van der Waals surface area contributed by atoms with E-state index >= 15 is 0 Å². The van der Waals surface area contributed by atoms with E-state index in [1.807, 2.05) is 36.4 Å². The largest absolute Gasteiger partial charge is 0.481 e. The topological polar surface area (TPSA) is 125 Å². The summed E-state index contributed by atoms with van der Waals surface area (Å²) in [6, 6.07) is 15.9. The maximum absolute atomic E-state index is 12.2. The van der Waals surface area contributed by atoms with Gasteiger partial charge in [-0.05, 0) is 41.5 Å². The summed E-state index contributed by atoms with van der Waals surface area (Å²) in [7, 11) is 0. The highest BCUT2D eigenvalue weighted by Gasteiger charge is 2.31. The number of carbonyl (C=O) groups excluding carboxylic acids is 2. The summed E-state index contributed by atoms with van der Waals surface area (Å²) in [6.45, 7) is 0.0510. The van der Waals surface area contributed by atoms with E-state index in [4.69, 9.17) is 9.84 Å². The zero-order valence-corrected chi connectivity index (χ0v) is 18.2. The summed E-state index contributed by atoms with van der Waals surface area (Å²) in [5.74, 6) is -1.71.